The van der Waals surface area contributed by atoms with E-state index in [0.29, 0.717) is 12.6 Å². The SMILES string of the molecule is O=c1cc(NC2CC2)cnn1CC1CCCO1. The maximum Gasteiger partial charge on any atom is 0.268 e. The van der Waals surface area contributed by atoms with Gasteiger partial charge in [0.25, 0.3) is 5.56 Å². The van der Waals surface area contributed by atoms with Gasteiger partial charge in [0, 0.05) is 18.7 Å². The van der Waals surface area contributed by atoms with Crippen molar-refractivity contribution in [3.05, 3.63) is 22.6 Å². The molecule has 1 saturated heterocycles. The van der Waals surface area contributed by atoms with Crippen molar-refractivity contribution in [1.29, 1.82) is 0 Å². The van der Waals surface area contributed by atoms with Crippen LogP contribution in [0.5, 0.6) is 0 Å². The molecule has 2 aliphatic rings. The van der Waals surface area contributed by atoms with E-state index in [1.165, 1.54) is 17.5 Å². The molecule has 1 saturated carbocycles. The number of rotatable bonds is 4. The van der Waals surface area contributed by atoms with Crippen molar-refractivity contribution in [3.8, 4) is 0 Å². The highest BCUT2D eigenvalue weighted by Crippen LogP contribution is 2.23. The van der Waals surface area contributed by atoms with Crippen LogP contribution in [0.3, 0.4) is 0 Å². The predicted octanol–water partition coefficient (Wildman–Crippen LogP) is 0.997. The molecule has 0 spiro atoms. The maximum atomic E-state index is 11.8. The molecule has 1 aliphatic heterocycles. The van der Waals surface area contributed by atoms with Crippen molar-refractivity contribution >= 4 is 5.69 Å². The van der Waals surface area contributed by atoms with E-state index in [1.54, 1.807) is 12.3 Å². The fraction of sp³-hybridized carbons (Fsp3) is 0.667. The predicted molar refractivity (Wildman–Crippen MR) is 64.1 cm³/mol. The summed E-state index contributed by atoms with van der Waals surface area (Å²) in [4.78, 5) is 11.8. The van der Waals surface area contributed by atoms with Crippen molar-refractivity contribution in [1.82, 2.24) is 9.78 Å². The molecule has 0 radical (unpaired) electrons. The Morgan fingerprint density at radius 3 is 3.00 bits per heavy atom. The molecule has 17 heavy (non-hydrogen) atoms. The maximum absolute atomic E-state index is 11.8. The summed E-state index contributed by atoms with van der Waals surface area (Å²) in [5, 5.41) is 7.45. The third-order valence-corrected chi connectivity index (χ3v) is 3.22. The minimum absolute atomic E-state index is 0.0499. The van der Waals surface area contributed by atoms with Gasteiger partial charge in [-0.1, -0.05) is 0 Å². The number of ether oxygens (including phenoxy) is 1. The van der Waals surface area contributed by atoms with Gasteiger partial charge >= 0.3 is 0 Å². The van der Waals surface area contributed by atoms with Crippen LogP contribution in [0.25, 0.3) is 0 Å². The van der Waals surface area contributed by atoms with Gasteiger partial charge < -0.3 is 10.1 Å². The zero-order chi connectivity index (χ0) is 11.7. The fourth-order valence-corrected chi connectivity index (χ4v) is 2.09. The van der Waals surface area contributed by atoms with Gasteiger partial charge in [-0.05, 0) is 25.7 Å². The van der Waals surface area contributed by atoms with Crippen LogP contribution >= 0.6 is 0 Å². The third-order valence-electron chi connectivity index (χ3n) is 3.22. The largest absolute Gasteiger partial charge is 0.381 e. The highest BCUT2D eigenvalue weighted by molar-refractivity contribution is 5.41. The summed E-state index contributed by atoms with van der Waals surface area (Å²) >= 11 is 0. The van der Waals surface area contributed by atoms with Crippen molar-refractivity contribution in [3.63, 3.8) is 0 Å². The molecular formula is C12H17N3O2. The minimum Gasteiger partial charge on any atom is -0.381 e. The molecule has 5 nitrogen and oxygen atoms in total. The Morgan fingerprint density at radius 2 is 2.35 bits per heavy atom. The van der Waals surface area contributed by atoms with Crippen LogP contribution in [-0.4, -0.2) is 28.5 Å². The van der Waals surface area contributed by atoms with E-state index in [-0.39, 0.29) is 11.7 Å². The lowest BCUT2D eigenvalue weighted by Crippen LogP contribution is -2.28. The minimum atomic E-state index is -0.0499. The highest BCUT2D eigenvalue weighted by Gasteiger charge is 2.21. The summed E-state index contributed by atoms with van der Waals surface area (Å²) in [5.41, 5.74) is 0.784. The smallest absolute Gasteiger partial charge is 0.268 e. The van der Waals surface area contributed by atoms with Crippen LogP contribution in [0, 0.1) is 0 Å². The van der Waals surface area contributed by atoms with Crippen molar-refractivity contribution in [2.24, 2.45) is 0 Å². The third kappa shape index (κ3) is 2.66. The molecule has 5 heteroatoms. The van der Waals surface area contributed by atoms with Crippen LogP contribution in [0.4, 0.5) is 5.69 Å². The van der Waals surface area contributed by atoms with Crippen LogP contribution in [0.15, 0.2) is 17.1 Å². The molecule has 1 N–H and O–H groups in total. The monoisotopic (exact) mass is 235 g/mol. The molecule has 1 aromatic rings. The standard InChI is InChI=1S/C12H17N3O2/c16-12-6-10(14-9-3-4-9)7-13-15(12)8-11-2-1-5-17-11/h6-7,9,11,14H,1-5,8H2. The van der Waals surface area contributed by atoms with Gasteiger partial charge in [0.1, 0.15) is 0 Å². The van der Waals surface area contributed by atoms with E-state index >= 15 is 0 Å². The first-order chi connectivity index (χ1) is 8.31. The van der Waals surface area contributed by atoms with Gasteiger partial charge in [0.2, 0.25) is 0 Å². The number of nitrogens with zero attached hydrogens (tertiary/aromatic N) is 2. The fourth-order valence-electron chi connectivity index (χ4n) is 2.09. The summed E-state index contributed by atoms with van der Waals surface area (Å²) in [6, 6.07) is 2.17. The first-order valence-corrected chi connectivity index (χ1v) is 6.26. The molecule has 2 fully saturated rings. The van der Waals surface area contributed by atoms with Gasteiger partial charge in [-0.2, -0.15) is 5.10 Å². The lowest BCUT2D eigenvalue weighted by Gasteiger charge is -2.11. The normalized spacial score (nSPS) is 23.9. The Morgan fingerprint density at radius 1 is 1.47 bits per heavy atom. The van der Waals surface area contributed by atoms with Gasteiger partial charge in [-0.25, -0.2) is 4.68 Å². The number of anilines is 1. The molecule has 1 unspecified atom stereocenters. The van der Waals surface area contributed by atoms with Gasteiger partial charge in [-0.3, -0.25) is 4.79 Å². The first-order valence-electron chi connectivity index (χ1n) is 6.26. The molecule has 1 aromatic heterocycles. The summed E-state index contributed by atoms with van der Waals surface area (Å²) in [6.07, 6.45) is 6.38. The quantitative estimate of drug-likeness (QED) is 0.845. The van der Waals surface area contributed by atoms with E-state index < -0.39 is 0 Å². The summed E-state index contributed by atoms with van der Waals surface area (Å²) in [6.45, 7) is 1.38. The lowest BCUT2D eigenvalue weighted by molar-refractivity contribution is 0.0927. The summed E-state index contributed by atoms with van der Waals surface area (Å²) in [7, 11) is 0. The Hall–Kier alpha value is -1.36. The average molecular weight is 235 g/mol. The summed E-state index contributed by atoms with van der Waals surface area (Å²) < 4.78 is 7.00. The Labute approximate surface area is 99.8 Å². The number of hydrogen-bond donors (Lipinski definition) is 1. The number of hydrogen-bond acceptors (Lipinski definition) is 4. The Kier molecular flexibility index (Phi) is 2.84. The first kappa shape index (κ1) is 10.8. The molecule has 1 atom stereocenters. The number of aromatic nitrogens is 2. The second-order valence-corrected chi connectivity index (χ2v) is 4.82. The van der Waals surface area contributed by atoms with Crippen LogP contribution in [0.2, 0.25) is 0 Å². The van der Waals surface area contributed by atoms with Crippen LogP contribution in [0.1, 0.15) is 25.7 Å². The molecule has 3 rings (SSSR count). The molecule has 0 bridgehead atoms. The van der Waals surface area contributed by atoms with Crippen molar-refractivity contribution < 1.29 is 4.74 Å². The topological polar surface area (TPSA) is 56.2 Å². The van der Waals surface area contributed by atoms with Crippen LogP contribution < -0.4 is 10.9 Å². The average Bonchev–Trinajstić information content (AvgIpc) is 2.97. The molecular weight excluding hydrogens is 218 g/mol. The van der Waals surface area contributed by atoms with E-state index in [4.69, 9.17) is 4.74 Å². The van der Waals surface area contributed by atoms with Crippen LogP contribution in [-0.2, 0) is 11.3 Å². The molecule has 0 aromatic carbocycles. The molecule has 2 heterocycles. The second kappa shape index (κ2) is 4.49. The van der Waals surface area contributed by atoms with E-state index in [1.807, 2.05) is 0 Å². The second-order valence-electron chi connectivity index (χ2n) is 4.82. The van der Waals surface area contributed by atoms with Crippen molar-refractivity contribution in [2.45, 2.75) is 44.4 Å². The Balaban J connectivity index is 1.69. The summed E-state index contributed by atoms with van der Waals surface area (Å²) in [5.74, 6) is 0. The van der Waals surface area contributed by atoms with E-state index in [2.05, 4.69) is 10.4 Å². The van der Waals surface area contributed by atoms with Crippen molar-refractivity contribution in [2.75, 3.05) is 11.9 Å². The number of nitrogens with one attached hydrogen (secondary N) is 1. The van der Waals surface area contributed by atoms with Gasteiger partial charge in [0.05, 0.1) is 24.5 Å². The Bertz CT molecular complexity index is 447. The van der Waals surface area contributed by atoms with E-state index in [9.17, 15) is 4.79 Å². The zero-order valence-electron chi connectivity index (χ0n) is 9.76. The highest BCUT2D eigenvalue weighted by atomic mass is 16.5. The molecule has 0 amide bonds. The van der Waals surface area contributed by atoms with E-state index in [0.717, 1.165) is 25.1 Å². The lowest BCUT2D eigenvalue weighted by atomic mass is 10.2. The molecule has 92 valence electrons. The zero-order valence-corrected chi connectivity index (χ0v) is 9.76. The molecule has 1 aliphatic carbocycles. The van der Waals surface area contributed by atoms with Gasteiger partial charge in [0.15, 0.2) is 0 Å². The van der Waals surface area contributed by atoms with Gasteiger partial charge in [-0.15, -0.1) is 0 Å².